The molecule has 8 nitrogen and oxygen atoms in total. The van der Waals surface area contributed by atoms with Gasteiger partial charge in [-0.3, -0.25) is 9.78 Å². The Labute approximate surface area is 193 Å². The summed E-state index contributed by atoms with van der Waals surface area (Å²) in [5.41, 5.74) is 3.59. The number of pyridine rings is 1. The third kappa shape index (κ3) is 3.08. The van der Waals surface area contributed by atoms with Gasteiger partial charge in [0.2, 0.25) is 11.9 Å². The van der Waals surface area contributed by atoms with Gasteiger partial charge in [-0.2, -0.15) is 4.98 Å². The largest absolute Gasteiger partial charge is 0.378 e. The zero-order valence-electron chi connectivity index (χ0n) is 19.3. The number of aryl methyl sites for hydroxylation is 1. The van der Waals surface area contributed by atoms with Crippen molar-refractivity contribution in [3.63, 3.8) is 0 Å². The minimum atomic E-state index is -0.0855. The van der Waals surface area contributed by atoms with Gasteiger partial charge in [0.05, 0.1) is 23.9 Å². The molecule has 0 unspecified atom stereocenters. The van der Waals surface area contributed by atoms with Gasteiger partial charge in [-0.05, 0) is 62.8 Å². The normalized spacial score (nSPS) is 26.2. The molecule has 1 aromatic carbocycles. The molecule has 0 atom stereocenters. The third-order valence-electron chi connectivity index (χ3n) is 7.98. The van der Waals surface area contributed by atoms with Gasteiger partial charge in [-0.25, -0.2) is 4.98 Å². The van der Waals surface area contributed by atoms with E-state index in [0.29, 0.717) is 12.5 Å². The van der Waals surface area contributed by atoms with Crippen LogP contribution in [0.1, 0.15) is 37.7 Å². The fraction of sp³-hybridized carbons (Fsp3) is 0.440. The second kappa shape index (κ2) is 7.12. The first-order valence-electron chi connectivity index (χ1n) is 11.5. The Kier molecular flexibility index (Phi) is 4.39. The van der Waals surface area contributed by atoms with E-state index in [1.165, 1.54) is 0 Å². The molecule has 3 heterocycles. The molecule has 1 N–H and O–H groups in total. The van der Waals surface area contributed by atoms with Gasteiger partial charge < -0.3 is 19.9 Å². The van der Waals surface area contributed by atoms with Gasteiger partial charge in [0.1, 0.15) is 5.69 Å². The molecule has 0 saturated heterocycles. The molecule has 0 radical (unpaired) electrons. The summed E-state index contributed by atoms with van der Waals surface area (Å²) in [4.78, 5) is 30.7. The molecule has 3 aromatic rings. The maximum atomic E-state index is 12.9. The van der Waals surface area contributed by atoms with E-state index in [0.717, 1.165) is 65.8 Å². The average Bonchev–Trinajstić information content (AvgIpc) is 3.40. The number of ether oxygens (including phenoxy) is 1. The van der Waals surface area contributed by atoms with Crippen LogP contribution in [0.5, 0.6) is 0 Å². The van der Waals surface area contributed by atoms with Gasteiger partial charge in [0, 0.05) is 37.0 Å². The summed E-state index contributed by atoms with van der Waals surface area (Å²) in [5, 5.41) is 4.46. The highest BCUT2D eigenvalue weighted by Crippen LogP contribution is 2.57. The third-order valence-corrected chi connectivity index (χ3v) is 7.98. The zero-order valence-corrected chi connectivity index (χ0v) is 19.3. The van der Waals surface area contributed by atoms with Crippen LogP contribution in [0.3, 0.4) is 0 Å². The van der Waals surface area contributed by atoms with Crippen LogP contribution in [-0.2, 0) is 9.53 Å². The Morgan fingerprint density at radius 1 is 1.15 bits per heavy atom. The molecular formula is C25H28N6O2. The van der Waals surface area contributed by atoms with Crippen LogP contribution in [0.2, 0.25) is 0 Å². The molecule has 6 rings (SSSR count). The molecule has 1 amide bonds. The fourth-order valence-electron chi connectivity index (χ4n) is 5.95. The van der Waals surface area contributed by atoms with E-state index in [4.69, 9.17) is 9.72 Å². The number of aromatic nitrogens is 3. The van der Waals surface area contributed by atoms with E-state index in [2.05, 4.69) is 32.3 Å². The van der Waals surface area contributed by atoms with E-state index in [1.54, 1.807) is 24.3 Å². The van der Waals surface area contributed by atoms with Gasteiger partial charge in [-0.15, -0.1) is 0 Å². The quantitative estimate of drug-likeness (QED) is 0.652. The lowest BCUT2D eigenvalue weighted by molar-refractivity contribution is -0.117. The topological polar surface area (TPSA) is 83.5 Å². The van der Waals surface area contributed by atoms with Crippen molar-refractivity contribution in [2.24, 2.45) is 0 Å². The molecule has 8 heteroatoms. The van der Waals surface area contributed by atoms with Crippen molar-refractivity contribution in [1.82, 2.24) is 15.0 Å². The minimum Gasteiger partial charge on any atom is -0.378 e. The van der Waals surface area contributed by atoms with E-state index in [9.17, 15) is 4.79 Å². The van der Waals surface area contributed by atoms with Gasteiger partial charge in [-0.1, -0.05) is 6.07 Å². The van der Waals surface area contributed by atoms with Crippen molar-refractivity contribution in [2.75, 3.05) is 35.8 Å². The van der Waals surface area contributed by atoms with Crippen molar-refractivity contribution in [3.8, 4) is 0 Å². The van der Waals surface area contributed by atoms with E-state index in [1.807, 2.05) is 26.2 Å². The Hall–Kier alpha value is -3.26. The lowest BCUT2D eigenvalue weighted by Gasteiger charge is -2.45. The second-order valence-corrected chi connectivity index (χ2v) is 9.72. The predicted octanol–water partition coefficient (Wildman–Crippen LogP) is 3.96. The fourth-order valence-corrected chi connectivity index (χ4v) is 5.95. The molecule has 2 bridgehead atoms. The van der Waals surface area contributed by atoms with Crippen LogP contribution >= 0.6 is 0 Å². The Balaban J connectivity index is 1.39. The van der Waals surface area contributed by atoms with Crippen molar-refractivity contribution in [3.05, 3.63) is 42.2 Å². The number of rotatable bonds is 4. The molecule has 2 fully saturated rings. The number of hydrogen-bond donors (Lipinski definition) is 1. The monoisotopic (exact) mass is 444 g/mol. The van der Waals surface area contributed by atoms with Crippen molar-refractivity contribution >= 4 is 40.0 Å². The molecular weight excluding hydrogens is 416 g/mol. The first kappa shape index (κ1) is 20.4. The van der Waals surface area contributed by atoms with E-state index < -0.39 is 0 Å². The number of carbonyl (C=O) groups is 1. The number of hydrogen-bond acceptors (Lipinski definition) is 7. The molecule has 2 saturated carbocycles. The second-order valence-electron chi connectivity index (χ2n) is 9.72. The number of likely N-dealkylation sites (N-methyl/N-ethyl adjacent to an activating group) is 1. The summed E-state index contributed by atoms with van der Waals surface area (Å²) in [6.45, 7) is 2.38. The smallest absolute Gasteiger partial charge is 0.246 e. The Morgan fingerprint density at radius 3 is 2.73 bits per heavy atom. The minimum absolute atomic E-state index is 0.0586. The van der Waals surface area contributed by atoms with Crippen molar-refractivity contribution < 1.29 is 9.53 Å². The standard InChI is InChI=1S/C25H28N6O2/c1-16-11-19-17(5-4-10-26-19)12-18(16)28-23-27-13-20-22(29-23)31(14-21(32)30(20)2)24-6-8-25(15-24,33-3)9-7-24/h4-5,10-13H,6-9,14-15H2,1-3H3,(H,27,28,29). The van der Waals surface area contributed by atoms with E-state index in [-0.39, 0.29) is 17.0 Å². The zero-order chi connectivity index (χ0) is 22.8. The summed E-state index contributed by atoms with van der Waals surface area (Å²) in [6.07, 6.45) is 8.59. The van der Waals surface area contributed by atoms with Crippen LogP contribution in [-0.4, -0.2) is 52.7 Å². The van der Waals surface area contributed by atoms with Gasteiger partial charge in [0.25, 0.3) is 0 Å². The van der Waals surface area contributed by atoms with E-state index >= 15 is 0 Å². The number of fused-ring (bicyclic) bond motifs is 4. The van der Waals surface area contributed by atoms with Crippen LogP contribution in [0, 0.1) is 6.92 Å². The summed E-state index contributed by atoms with van der Waals surface area (Å²) < 4.78 is 5.92. The summed E-state index contributed by atoms with van der Waals surface area (Å²) in [7, 11) is 3.62. The molecule has 3 aliphatic rings. The highest BCUT2D eigenvalue weighted by atomic mass is 16.5. The first-order valence-corrected chi connectivity index (χ1v) is 11.5. The number of nitrogens with zero attached hydrogens (tertiary/aromatic N) is 5. The number of methoxy groups -OCH3 is 1. The lowest BCUT2D eigenvalue weighted by Crippen LogP contribution is -2.54. The summed E-state index contributed by atoms with van der Waals surface area (Å²) in [5.74, 6) is 1.42. The number of anilines is 4. The number of carbonyl (C=O) groups excluding carboxylic acids is 1. The van der Waals surface area contributed by atoms with Gasteiger partial charge in [0.15, 0.2) is 5.82 Å². The van der Waals surface area contributed by atoms with Crippen LogP contribution in [0.15, 0.2) is 36.7 Å². The van der Waals surface area contributed by atoms with Crippen LogP contribution < -0.4 is 15.1 Å². The highest BCUT2D eigenvalue weighted by Gasteiger charge is 2.59. The van der Waals surface area contributed by atoms with Crippen molar-refractivity contribution in [2.45, 2.75) is 50.2 Å². The first-order chi connectivity index (χ1) is 15.9. The molecule has 1 aliphatic heterocycles. The molecule has 170 valence electrons. The van der Waals surface area contributed by atoms with Crippen LogP contribution in [0.4, 0.5) is 23.1 Å². The average molecular weight is 445 g/mol. The number of nitrogens with one attached hydrogen (secondary N) is 1. The van der Waals surface area contributed by atoms with Gasteiger partial charge >= 0.3 is 0 Å². The van der Waals surface area contributed by atoms with Crippen molar-refractivity contribution in [1.29, 1.82) is 0 Å². The predicted molar refractivity (Wildman–Crippen MR) is 128 cm³/mol. The van der Waals surface area contributed by atoms with Crippen LogP contribution in [0.25, 0.3) is 10.9 Å². The molecule has 33 heavy (non-hydrogen) atoms. The maximum absolute atomic E-state index is 12.9. The summed E-state index contributed by atoms with van der Waals surface area (Å²) >= 11 is 0. The Morgan fingerprint density at radius 2 is 1.97 bits per heavy atom. The number of amides is 1. The maximum Gasteiger partial charge on any atom is 0.246 e. The Bertz CT molecular complexity index is 1270. The SMILES string of the molecule is COC12CCC(N3CC(=O)N(C)c4cnc(Nc5cc6cccnc6cc5C)nc43)(CC1)C2. The number of benzene rings is 1. The highest BCUT2D eigenvalue weighted by molar-refractivity contribution is 6.02. The lowest BCUT2D eigenvalue weighted by atomic mass is 9.90. The molecule has 0 spiro atoms. The summed E-state index contributed by atoms with van der Waals surface area (Å²) in [6, 6.07) is 8.12. The molecule has 2 aliphatic carbocycles. The molecule has 2 aromatic heterocycles.